The first-order valence-electron chi connectivity index (χ1n) is 8.51. The van der Waals surface area contributed by atoms with E-state index in [1.54, 1.807) is 11.3 Å². The van der Waals surface area contributed by atoms with Crippen molar-refractivity contribution in [2.75, 3.05) is 31.1 Å². The number of aromatic nitrogens is 1. The molecule has 0 aliphatic carbocycles. The number of urea groups is 1. The largest absolute Gasteiger partial charge is 0.348 e. The Hall–Kier alpha value is -2.08. The quantitative estimate of drug-likeness (QED) is 0.847. The molecule has 0 saturated carbocycles. The number of carbonyl (C=O) groups excluding carboxylic acids is 1. The van der Waals surface area contributed by atoms with Crippen molar-refractivity contribution in [3.63, 3.8) is 0 Å². The maximum atomic E-state index is 11.9. The van der Waals surface area contributed by atoms with Gasteiger partial charge in [0.1, 0.15) is 0 Å². The monoisotopic (exact) mass is 344 g/mol. The smallest absolute Gasteiger partial charge is 0.314 e. The summed E-state index contributed by atoms with van der Waals surface area (Å²) < 4.78 is 0. The van der Waals surface area contributed by atoms with E-state index in [-0.39, 0.29) is 6.03 Å². The summed E-state index contributed by atoms with van der Waals surface area (Å²) in [6, 6.07) is 10.1. The minimum Gasteiger partial charge on any atom is -0.348 e. The number of carbonyl (C=O) groups is 1. The van der Waals surface area contributed by atoms with Crippen molar-refractivity contribution in [2.24, 2.45) is 5.92 Å². The first-order chi connectivity index (χ1) is 11.8. The Morgan fingerprint density at radius 3 is 2.96 bits per heavy atom. The molecular weight excluding hydrogens is 320 g/mol. The minimum atomic E-state index is -0.0719. The van der Waals surface area contributed by atoms with E-state index in [9.17, 15) is 4.79 Å². The van der Waals surface area contributed by atoms with Gasteiger partial charge in [0.05, 0.1) is 0 Å². The number of nitrogens with zero attached hydrogens (tertiary/aromatic N) is 2. The molecule has 1 atom stereocenters. The summed E-state index contributed by atoms with van der Waals surface area (Å²) in [4.78, 5) is 18.7. The highest BCUT2D eigenvalue weighted by Crippen LogP contribution is 2.24. The molecule has 0 radical (unpaired) electrons. The van der Waals surface area contributed by atoms with Crippen LogP contribution in [0.4, 0.5) is 9.93 Å². The summed E-state index contributed by atoms with van der Waals surface area (Å²) in [5.41, 5.74) is 1.24. The molecule has 128 valence electrons. The molecule has 2 amide bonds. The van der Waals surface area contributed by atoms with Crippen molar-refractivity contribution in [1.29, 1.82) is 0 Å². The number of thiazole rings is 1. The van der Waals surface area contributed by atoms with Gasteiger partial charge in [-0.05, 0) is 30.7 Å². The van der Waals surface area contributed by atoms with Crippen LogP contribution in [0.2, 0.25) is 0 Å². The lowest BCUT2D eigenvalue weighted by molar-refractivity contribution is 0.238. The van der Waals surface area contributed by atoms with Crippen LogP contribution in [0.25, 0.3) is 0 Å². The van der Waals surface area contributed by atoms with E-state index < -0.39 is 0 Å². The van der Waals surface area contributed by atoms with Crippen LogP contribution >= 0.6 is 11.3 Å². The third-order valence-electron chi connectivity index (χ3n) is 4.30. The number of piperidine rings is 1. The second-order valence-corrected chi connectivity index (χ2v) is 7.01. The summed E-state index contributed by atoms with van der Waals surface area (Å²) in [5, 5.41) is 9.05. The van der Waals surface area contributed by atoms with E-state index in [4.69, 9.17) is 0 Å². The molecule has 1 aromatic carbocycles. The third kappa shape index (κ3) is 4.96. The lowest BCUT2D eigenvalue weighted by Gasteiger charge is -2.32. The van der Waals surface area contributed by atoms with Gasteiger partial charge in [0.15, 0.2) is 5.13 Å². The van der Waals surface area contributed by atoms with Gasteiger partial charge in [-0.1, -0.05) is 30.3 Å². The molecule has 1 aromatic heterocycles. The number of nitrogens with one attached hydrogen (secondary N) is 2. The number of anilines is 1. The first kappa shape index (κ1) is 16.8. The van der Waals surface area contributed by atoms with Crippen LogP contribution in [0.1, 0.15) is 18.4 Å². The summed E-state index contributed by atoms with van der Waals surface area (Å²) in [6.07, 6.45) is 5.02. The van der Waals surface area contributed by atoms with Crippen LogP contribution in [0.3, 0.4) is 0 Å². The van der Waals surface area contributed by atoms with Crippen molar-refractivity contribution < 1.29 is 4.79 Å². The Kier molecular flexibility index (Phi) is 6.07. The van der Waals surface area contributed by atoms with E-state index in [2.05, 4.69) is 32.7 Å². The van der Waals surface area contributed by atoms with E-state index in [0.717, 1.165) is 44.0 Å². The highest BCUT2D eigenvalue weighted by atomic mass is 32.1. The molecule has 2 aromatic rings. The zero-order valence-corrected chi connectivity index (χ0v) is 14.6. The summed E-state index contributed by atoms with van der Waals surface area (Å²) in [6.45, 7) is 3.41. The maximum Gasteiger partial charge on any atom is 0.314 e. The SMILES string of the molecule is O=C(NCCc1ccccc1)NCC1CCCN(c2nccs2)C1. The standard InChI is InChI=1S/C18H24N4OS/c23-17(19-9-8-15-5-2-1-3-6-15)21-13-16-7-4-11-22(14-16)18-20-10-12-24-18/h1-3,5-6,10,12,16H,4,7-9,11,13-14H2,(H2,19,21,23). The van der Waals surface area contributed by atoms with Gasteiger partial charge < -0.3 is 15.5 Å². The predicted molar refractivity (Wildman–Crippen MR) is 98.6 cm³/mol. The third-order valence-corrected chi connectivity index (χ3v) is 5.13. The topological polar surface area (TPSA) is 57.3 Å². The van der Waals surface area contributed by atoms with Gasteiger partial charge in [-0.3, -0.25) is 0 Å². The Bertz CT molecular complexity index is 617. The van der Waals surface area contributed by atoms with E-state index in [1.165, 1.54) is 5.56 Å². The number of benzene rings is 1. The van der Waals surface area contributed by atoms with E-state index in [1.807, 2.05) is 29.8 Å². The molecule has 6 heteroatoms. The van der Waals surface area contributed by atoms with Crippen LogP contribution in [0.15, 0.2) is 41.9 Å². The van der Waals surface area contributed by atoms with Crippen LogP contribution in [0.5, 0.6) is 0 Å². The molecule has 1 unspecified atom stereocenters. The average molecular weight is 344 g/mol. The Morgan fingerprint density at radius 1 is 1.29 bits per heavy atom. The van der Waals surface area contributed by atoms with Gasteiger partial charge in [-0.25, -0.2) is 9.78 Å². The zero-order valence-electron chi connectivity index (χ0n) is 13.8. The van der Waals surface area contributed by atoms with Gasteiger partial charge in [0.2, 0.25) is 0 Å². The molecule has 1 fully saturated rings. The number of hydrogen-bond donors (Lipinski definition) is 2. The normalized spacial score (nSPS) is 17.5. The van der Waals surface area contributed by atoms with Gasteiger partial charge in [0.25, 0.3) is 0 Å². The molecule has 3 rings (SSSR count). The van der Waals surface area contributed by atoms with Gasteiger partial charge in [-0.2, -0.15) is 0 Å². The van der Waals surface area contributed by atoms with Crippen LogP contribution in [0, 0.1) is 5.92 Å². The number of amides is 2. The highest BCUT2D eigenvalue weighted by Gasteiger charge is 2.21. The molecule has 2 heterocycles. The molecule has 1 aliphatic heterocycles. The molecule has 24 heavy (non-hydrogen) atoms. The molecular formula is C18H24N4OS. The van der Waals surface area contributed by atoms with Gasteiger partial charge >= 0.3 is 6.03 Å². The van der Waals surface area contributed by atoms with Crippen molar-refractivity contribution >= 4 is 22.5 Å². The van der Waals surface area contributed by atoms with Crippen LogP contribution in [-0.2, 0) is 6.42 Å². The second kappa shape index (κ2) is 8.68. The van der Waals surface area contributed by atoms with Crippen LogP contribution in [-0.4, -0.2) is 37.2 Å². The van der Waals surface area contributed by atoms with E-state index >= 15 is 0 Å². The lowest BCUT2D eigenvalue weighted by atomic mass is 9.98. The Morgan fingerprint density at radius 2 is 2.17 bits per heavy atom. The number of hydrogen-bond acceptors (Lipinski definition) is 4. The summed E-state index contributed by atoms with van der Waals surface area (Å²) >= 11 is 1.68. The van der Waals surface area contributed by atoms with Crippen molar-refractivity contribution in [3.05, 3.63) is 47.5 Å². The zero-order chi connectivity index (χ0) is 16.6. The fourth-order valence-corrected chi connectivity index (χ4v) is 3.72. The minimum absolute atomic E-state index is 0.0719. The molecule has 1 saturated heterocycles. The Balaban J connectivity index is 1.35. The predicted octanol–water partition coefficient (Wildman–Crippen LogP) is 2.90. The van der Waals surface area contributed by atoms with Crippen molar-refractivity contribution in [3.8, 4) is 0 Å². The fraction of sp³-hybridized carbons (Fsp3) is 0.444. The van der Waals surface area contributed by atoms with Crippen molar-refractivity contribution in [1.82, 2.24) is 15.6 Å². The number of rotatable bonds is 6. The molecule has 0 bridgehead atoms. The second-order valence-electron chi connectivity index (χ2n) is 6.14. The average Bonchev–Trinajstić information content (AvgIpc) is 3.16. The fourth-order valence-electron chi connectivity index (χ4n) is 3.04. The molecule has 0 spiro atoms. The van der Waals surface area contributed by atoms with Gasteiger partial charge in [-0.15, -0.1) is 11.3 Å². The highest BCUT2D eigenvalue weighted by molar-refractivity contribution is 7.13. The summed E-state index contributed by atoms with van der Waals surface area (Å²) in [7, 11) is 0. The molecule has 1 aliphatic rings. The Labute approximate surface area is 147 Å². The molecule has 2 N–H and O–H groups in total. The van der Waals surface area contributed by atoms with Crippen LogP contribution < -0.4 is 15.5 Å². The van der Waals surface area contributed by atoms with Crippen molar-refractivity contribution in [2.45, 2.75) is 19.3 Å². The maximum absolute atomic E-state index is 11.9. The molecule has 5 nitrogen and oxygen atoms in total. The van der Waals surface area contributed by atoms with E-state index in [0.29, 0.717) is 12.5 Å². The lowest BCUT2D eigenvalue weighted by Crippen LogP contribution is -2.44. The van der Waals surface area contributed by atoms with Gasteiger partial charge in [0, 0.05) is 37.8 Å². The summed E-state index contributed by atoms with van der Waals surface area (Å²) in [5.74, 6) is 0.488. The first-order valence-corrected chi connectivity index (χ1v) is 9.39.